The van der Waals surface area contributed by atoms with Crippen molar-refractivity contribution in [3.63, 3.8) is 0 Å². The van der Waals surface area contributed by atoms with Crippen molar-refractivity contribution in [1.29, 1.82) is 0 Å². The molecule has 0 aromatic heterocycles. The van der Waals surface area contributed by atoms with Crippen LogP contribution in [0.5, 0.6) is 0 Å². The third-order valence-electron chi connectivity index (χ3n) is 5.69. The molecule has 1 amide bonds. The molecule has 0 bridgehead atoms. The molecule has 2 aliphatic rings. The molecule has 1 heterocycles. The molecule has 1 unspecified atom stereocenters. The fourth-order valence-corrected chi connectivity index (χ4v) is 4.18. The smallest absolute Gasteiger partial charge is 0.222 e. The molecule has 4 rings (SSSR count). The minimum atomic E-state index is 0. The third-order valence-corrected chi connectivity index (χ3v) is 5.69. The lowest BCUT2D eigenvalue weighted by Gasteiger charge is -2.16. The summed E-state index contributed by atoms with van der Waals surface area (Å²) < 4.78 is 0. The Bertz CT molecular complexity index is 789. The number of nitrogens with two attached hydrogens (primary N) is 1. The number of carbonyl (C=O) groups is 1. The number of benzene rings is 2. The molecule has 3 nitrogen and oxygen atoms in total. The van der Waals surface area contributed by atoms with Crippen molar-refractivity contribution in [2.45, 2.75) is 32.1 Å². The van der Waals surface area contributed by atoms with Gasteiger partial charge in [-0.1, -0.05) is 42.5 Å². The zero-order valence-corrected chi connectivity index (χ0v) is 15.9. The lowest BCUT2D eigenvalue weighted by Crippen LogP contribution is -2.29. The second-order valence-electron chi connectivity index (χ2n) is 7.41. The van der Waals surface area contributed by atoms with Crippen molar-refractivity contribution in [3.05, 3.63) is 59.2 Å². The average molecular weight is 371 g/mol. The normalized spacial score (nSPS) is 17.6. The number of rotatable bonds is 5. The fourth-order valence-electron chi connectivity index (χ4n) is 4.18. The molecule has 0 spiro atoms. The Morgan fingerprint density at radius 1 is 1.12 bits per heavy atom. The van der Waals surface area contributed by atoms with Crippen LogP contribution in [0.2, 0.25) is 0 Å². The van der Waals surface area contributed by atoms with E-state index in [-0.39, 0.29) is 12.4 Å². The molecule has 26 heavy (non-hydrogen) atoms. The maximum Gasteiger partial charge on any atom is 0.222 e. The topological polar surface area (TPSA) is 46.3 Å². The van der Waals surface area contributed by atoms with E-state index in [1.807, 2.05) is 4.90 Å². The van der Waals surface area contributed by atoms with Gasteiger partial charge in [0.2, 0.25) is 5.91 Å². The van der Waals surface area contributed by atoms with Crippen LogP contribution in [0.4, 0.5) is 0 Å². The van der Waals surface area contributed by atoms with Gasteiger partial charge in [0, 0.05) is 19.5 Å². The number of nitrogens with zero attached hydrogens (tertiary/aromatic N) is 1. The summed E-state index contributed by atoms with van der Waals surface area (Å²) in [5, 5.41) is 0. The van der Waals surface area contributed by atoms with Gasteiger partial charge >= 0.3 is 0 Å². The van der Waals surface area contributed by atoms with Gasteiger partial charge in [-0.05, 0) is 66.0 Å². The van der Waals surface area contributed by atoms with Crippen LogP contribution in [0.3, 0.4) is 0 Å². The lowest BCUT2D eigenvalue weighted by molar-refractivity contribution is -0.130. The highest BCUT2D eigenvalue weighted by atomic mass is 35.5. The molecule has 2 aromatic rings. The molecule has 4 heteroatoms. The van der Waals surface area contributed by atoms with Crippen LogP contribution in [0.15, 0.2) is 42.5 Å². The second-order valence-corrected chi connectivity index (χ2v) is 7.41. The van der Waals surface area contributed by atoms with E-state index >= 15 is 0 Å². The molecule has 2 aromatic carbocycles. The Morgan fingerprint density at radius 2 is 1.92 bits per heavy atom. The number of hydrogen-bond donors (Lipinski definition) is 1. The number of hydrogen-bond acceptors (Lipinski definition) is 2. The summed E-state index contributed by atoms with van der Waals surface area (Å²) in [7, 11) is 0. The molecule has 1 aliphatic heterocycles. The Balaban J connectivity index is 0.00000196. The van der Waals surface area contributed by atoms with E-state index in [1.54, 1.807) is 0 Å². The number of amides is 1. The molecule has 2 N–H and O–H groups in total. The summed E-state index contributed by atoms with van der Waals surface area (Å²) in [5.74, 6) is 0.795. The summed E-state index contributed by atoms with van der Waals surface area (Å²) in [6.07, 6.45) is 4.64. The predicted octanol–water partition coefficient (Wildman–Crippen LogP) is 3.81. The predicted molar refractivity (Wildman–Crippen MR) is 109 cm³/mol. The first kappa shape index (κ1) is 18.9. The van der Waals surface area contributed by atoms with Gasteiger partial charge in [-0.15, -0.1) is 12.4 Å². The highest BCUT2D eigenvalue weighted by molar-refractivity contribution is 5.85. The van der Waals surface area contributed by atoms with E-state index in [1.165, 1.54) is 27.8 Å². The van der Waals surface area contributed by atoms with Gasteiger partial charge in [0.25, 0.3) is 0 Å². The van der Waals surface area contributed by atoms with Crippen molar-refractivity contribution >= 4 is 18.3 Å². The monoisotopic (exact) mass is 370 g/mol. The SMILES string of the molecule is Cl.NCC1CCN(C(=O)CCCc2ccc3c(c2)-c2ccccc2C3)C1. The van der Waals surface area contributed by atoms with E-state index in [0.717, 1.165) is 38.8 Å². The highest BCUT2D eigenvalue weighted by Crippen LogP contribution is 2.37. The van der Waals surface area contributed by atoms with Gasteiger partial charge in [-0.3, -0.25) is 4.79 Å². The van der Waals surface area contributed by atoms with Crippen LogP contribution in [0.25, 0.3) is 11.1 Å². The van der Waals surface area contributed by atoms with E-state index in [2.05, 4.69) is 42.5 Å². The lowest BCUT2D eigenvalue weighted by atomic mass is 10.00. The molecule has 0 radical (unpaired) electrons. The summed E-state index contributed by atoms with van der Waals surface area (Å²) in [5.41, 5.74) is 12.7. The summed E-state index contributed by atoms with van der Waals surface area (Å²) in [6.45, 7) is 2.43. The highest BCUT2D eigenvalue weighted by Gasteiger charge is 2.24. The van der Waals surface area contributed by atoms with Crippen molar-refractivity contribution in [3.8, 4) is 11.1 Å². The van der Waals surface area contributed by atoms with Crippen LogP contribution >= 0.6 is 12.4 Å². The maximum atomic E-state index is 12.3. The first-order valence-corrected chi connectivity index (χ1v) is 9.42. The summed E-state index contributed by atoms with van der Waals surface area (Å²) in [4.78, 5) is 14.3. The van der Waals surface area contributed by atoms with E-state index < -0.39 is 0 Å². The quantitative estimate of drug-likeness (QED) is 0.742. The molecule has 0 saturated carbocycles. The van der Waals surface area contributed by atoms with Crippen molar-refractivity contribution in [1.82, 2.24) is 4.90 Å². The minimum absolute atomic E-state index is 0. The van der Waals surface area contributed by atoms with E-state index in [0.29, 0.717) is 24.8 Å². The molecular weight excluding hydrogens is 344 g/mol. The van der Waals surface area contributed by atoms with Crippen LogP contribution in [-0.2, 0) is 17.6 Å². The van der Waals surface area contributed by atoms with Crippen LogP contribution in [0.1, 0.15) is 36.0 Å². The number of fused-ring (bicyclic) bond motifs is 3. The van der Waals surface area contributed by atoms with E-state index in [9.17, 15) is 4.79 Å². The van der Waals surface area contributed by atoms with Gasteiger partial charge in [0.1, 0.15) is 0 Å². The standard InChI is InChI=1S/C22H26N2O.ClH/c23-14-17-10-11-24(15-17)22(25)7-3-4-16-8-9-19-13-18-5-1-2-6-20(18)21(19)12-16;/h1-2,5-6,8-9,12,17H,3-4,7,10-11,13-15,23H2;1H. The average Bonchev–Trinajstić information content (AvgIpc) is 3.26. The number of halogens is 1. The van der Waals surface area contributed by atoms with Crippen molar-refractivity contribution in [2.24, 2.45) is 11.7 Å². The Labute approximate surface area is 162 Å². The zero-order valence-electron chi connectivity index (χ0n) is 15.1. The maximum absolute atomic E-state index is 12.3. The molecular formula is C22H27ClN2O. The second kappa shape index (κ2) is 8.24. The van der Waals surface area contributed by atoms with Gasteiger partial charge in [-0.25, -0.2) is 0 Å². The Kier molecular flexibility index (Phi) is 6.00. The molecule has 1 saturated heterocycles. The van der Waals surface area contributed by atoms with Crippen LogP contribution < -0.4 is 5.73 Å². The van der Waals surface area contributed by atoms with Gasteiger partial charge in [0.05, 0.1) is 0 Å². The Morgan fingerprint density at radius 3 is 2.73 bits per heavy atom. The van der Waals surface area contributed by atoms with Crippen molar-refractivity contribution in [2.75, 3.05) is 19.6 Å². The Hall–Kier alpha value is -1.84. The first-order valence-electron chi connectivity index (χ1n) is 9.42. The van der Waals surface area contributed by atoms with Crippen LogP contribution in [0, 0.1) is 5.92 Å². The number of aryl methyl sites for hydroxylation is 1. The first-order chi connectivity index (χ1) is 12.2. The molecule has 1 aliphatic carbocycles. The van der Waals surface area contributed by atoms with Crippen LogP contribution in [-0.4, -0.2) is 30.4 Å². The van der Waals surface area contributed by atoms with Crippen molar-refractivity contribution < 1.29 is 4.79 Å². The van der Waals surface area contributed by atoms with Gasteiger partial charge in [0.15, 0.2) is 0 Å². The number of carbonyl (C=O) groups excluding carboxylic acids is 1. The summed E-state index contributed by atoms with van der Waals surface area (Å²) >= 11 is 0. The third kappa shape index (κ3) is 3.79. The fraction of sp³-hybridized carbons (Fsp3) is 0.409. The minimum Gasteiger partial charge on any atom is -0.342 e. The molecule has 1 atom stereocenters. The summed E-state index contributed by atoms with van der Waals surface area (Å²) in [6, 6.07) is 15.5. The largest absolute Gasteiger partial charge is 0.342 e. The molecule has 1 fully saturated rings. The van der Waals surface area contributed by atoms with Gasteiger partial charge < -0.3 is 10.6 Å². The van der Waals surface area contributed by atoms with Gasteiger partial charge in [-0.2, -0.15) is 0 Å². The number of likely N-dealkylation sites (tertiary alicyclic amines) is 1. The van der Waals surface area contributed by atoms with E-state index in [4.69, 9.17) is 5.73 Å². The molecule has 138 valence electrons. The zero-order chi connectivity index (χ0) is 17.2.